The van der Waals surface area contributed by atoms with Crippen LogP contribution in [0.1, 0.15) is 10.4 Å². The Morgan fingerprint density at radius 2 is 1.76 bits per heavy atom. The van der Waals surface area contributed by atoms with Gasteiger partial charge < -0.3 is 5.32 Å². The lowest BCUT2D eigenvalue weighted by Gasteiger charge is -2.08. The van der Waals surface area contributed by atoms with Crippen molar-refractivity contribution in [3.05, 3.63) is 76.5 Å². The van der Waals surface area contributed by atoms with Crippen LogP contribution < -0.4 is 5.32 Å². The molecule has 0 radical (unpaired) electrons. The second kappa shape index (κ2) is 5.66. The predicted octanol–water partition coefficient (Wildman–Crippen LogP) is 4.99. The van der Waals surface area contributed by atoms with Gasteiger partial charge in [0.2, 0.25) is 0 Å². The number of nitrogens with one attached hydrogen (secondary N) is 1. The quantitative estimate of drug-likeness (QED) is 0.697. The lowest BCUT2D eigenvalue weighted by molar-refractivity contribution is 0.102. The smallest absolute Gasteiger partial charge is 0.256 e. The molecule has 104 valence electrons. The second-order valence-corrected chi connectivity index (χ2v) is 5.46. The number of hydrogen-bond donors (Lipinski definition) is 1. The maximum Gasteiger partial charge on any atom is 0.256 e. The van der Waals surface area contributed by atoms with E-state index in [1.54, 1.807) is 12.1 Å². The van der Waals surface area contributed by atoms with Gasteiger partial charge >= 0.3 is 0 Å². The fourth-order valence-electron chi connectivity index (χ4n) is 2.20. The molecule has 0 heterocycles. The lowest BCUT2D eigenvalue weighted by atomic mass is 10.0. The molecule has 3 aromatic rings. The number of carbonyl (C=O) groups is 1. The summed E-state index contributed by atoms with van der Waals surface area (Å²) in [5.74, 6) is -0.580. The third kappa shape index (κ3) is 2.81. The highest BCUT2D eigenvalue weighted by molar-refractivity contribution is 9.10. The Morgan fingerprint density at radius 1 is 1.00 bits per heavy atom. The Kier molecular flexibility index (Phi) is 3.71. The van der Waals surface area contributed by atoms with Crippen molar-refractivity contribution in [3.63, 3.8) is 0 Å². The molecule has 0 atom stereocenters. The van der Waals surface area contributed by atoms with Gasteiger partial charge in [0.25, 0.3) is 5.91 Å². The van der Waals surface area contributed by atoms with E-state index < -0.39 is 0 Å². The first kappa shape index (κ1) is 13.8. The van der Waals surface area contributed by atoms with E-state index in [2.05, 4.69) is 21.2 Å². The zero-order valence-electron chi connectivity index (χ0n) is 10.9. The molecule has 0 saturated carbocycles. The maximum absolute atomic E-state index is 13.2. The second-order valence-electron chi connectivity index (χ2n) is 4.61. The molecule has 0 aliphatic rings. The zero-order valence-corrected chi connectivity index (χ0v) is 12.5. The number of fused-ring (bicyclic) bond motifs is 1. The first-order valence-electron chi connectivity index (χ1n) is 6.39. The van der Waals surface area contributed by atoms with Gasteiger partial charge in [0, 0.05) is 11.3 Å². The minimum Gasteiger partial charge on any atom is -0.322 e. The summed E-state index contributed by atoms with van der Waals surface area (Å²) in [7, 11) is 0. The zero-order chi connectivity index (χ0) is 14.8. The van der Waals surface area contributed by atoms with Crippen LogP contribution >= 0.6 is 15.9 Å². The molecule has 0 unspecified atom stereocenters. The first-order chi connectivity index (χ1) is 10.1. The monoisotopic (exact) mass is 343 g/mol. The summed E-state index contributed by atoms with van der Waals surface area (Å²) < 4.78 is 13.5. The summed E-state index contributed by atoms with van der Waals surface area (Å²) in [4.78, 5) is 12.4. The third-order valence-corrected chi connectivity index (χ3v) is 3.82. The third-order valence-electron chi connectivity index (χ3n) is 3.21. The van der Waals surface area contributed by atoms with Crippen LogP contribution in [-0.4, -0.2) is 5.91 Å². The van der Waals surface area contributed by atoms with Crippen molar-refractivity contribution in [3.8, 4) is 0 Å². The predicted molar refractivity (Wildman–Crippen MR) is 86.0 cm³/mol. The van der Waals surface area contributed by atoms with E-state index in [1.165, 1.54) is 12.1 Å². The fourth-order valence-corrected chi connectivity index (χ4v) is 2.57. The molecule has 0 aromatic heterocycles. The summed E-state index contributed by atoms with van der Waals surface area (Å²) in [6.07, 6.45) is 0. The van der Waals surface area contributed by atoms with Crippen molar-refractivity contribution in [1.29, 1.82) is 0 Å². The van der Waals surface area contributed by atoms with E-state index in [1.807, 2.05) is 36.4 Å². The van der Waals surface area contributed by atoms with Gasteiger partial charge in [-0.25, -0.2) is 4.39 Å². The van der Waals surface area contributed by atoms with Gasteiger partial charge in [0.05, 0.1) is 4.47 Å². The van der Waals surface area contributed by atoms with Gasteiger partial charge in [-0.05, 0) is 51.0 Å². The van der Waals surface area contributed by atoms with Crippen LogP contribution in [0.4, 0.5) is 10.1 Å². The van der Waals surface area contributed by atoms with Crippen molar-refractivity contribution < 1.29 is 9.18 Å². The molecule has 1 amide bonds. The fraction of sp³-hybridized carbons (Fsp3) is 0. The lowest BCUT2D eigenvalue weighted by Crippen LogP contribution is -2.12. The highest BCUT2D eigenvalue weighted by Gasteiger charge is 2.10. The van der Waals surface area contributed by atoms with E-state index in [-0.39, 0.29) is 11.7 Å². The highest BCUT2D eigenvalue weighted by atomic mass is 79.9. The summed E-state index contributed by atoms with van der Waals surface area (Å²) in [6, 6.07) is 17.7. The van der Waals surface area contributed by atoms with Crippen molar-refractivity contribution >= 4 is 38.3 Å². The van der Waals surface area contributed by atoms with E-state index >= 15 is 0 Å². The minimum absolute atomic E-state index is 0.217. The number of hydrogen-bond acceptors (Lipinski definition) is 1. The maximum atomic E-state index is 13.2. The molecule has 0 aliphatic heterocycles. The van der Waals surface area contributed by atoms with Crippen LogP contribution in [0.5, 0.6) is 0 Å². The van der Waals surface area contributed by atoms with Gasteiger partial charge in [-0.3, -0.25) is 4.79 Å². The van der Waals surface area contributed by atoms with E-state index in [0.717, 1.165) is 10.8 Å². The molecule has 0 saturated heterocycles. The molecule has 4 heteroatoms. The standard InChI is InChI=1S/C17H11BrFNO/c18-15-10-12(8-9-16(15)19)20-17(21)14-7-3-5-11-4-1-2-6-13(11)14/h1-10H,(H,20,21). The molecular formula is C17H11BrFNO. The topological polar surface area (TPSA) is 29.1 Å². The molecule has 3 aromatic carbocycles. The number of amides is 1. The largest absolute Gasteiger partial charge is 0.322 e. The van der Waals surface area contributed by atoms with Gasteiger partial charge in [0.15, 0.2) is 0 Å². The number of rotatable bonds is 2. The van der Waals surface area contributed by atoms with Crippen molar-refractivity contribution in [2.45, 2.75) is 0 Å². The van der Waals surface area contributed by atoms with Crippen LogP contribution in [0.2, 0.25) is 0 Å². The molecule has 1 N–H and O–H groups in total. The number of halogens is 2. The summed E-state index contributed by atoms with van der Waals surface area (Å²) >= 11 is 3.11. The normalized spacial score (nSPS) is 10.6. The Bertz CT molecular complexity index is 827. The van der Waals surface area contributed by atoms with Gasteiger partial charge in [-0.15, -0.1) is 0 Å². The SMILES string of the molecule is O=C(Nc1ccc(F)c(Br)c1)c1cccc2ccccc12. The Hall–Kier alpha value is -2.20. The first-order valence-corrected chi connectivity index (χ1v) is 7.18. The number of anilines is 1. The summed E-state index contributed by atoms with van der Waals surface area (Å²) in [5.41, 5.74) is 1.13. The minimum atomic E-state index is -0.363. The van der Waals surface area contributed by atoms with Gasteiger partial charge in [-0.2, -0.15) is 0 Å². The summed E-state index contributed by atoms with van der Waals surface area (Å²) in [5, 5.41) is 4.68. The van der Waals surface area contributed by atoms with Crippen LogP contribution in [0.15, 0.2) is 65.1 Å². The Balaban J connectivity index is 1.95. The Morgan fingerprint density at radius 3 is 2.57 bits per heavy atom. The molecule has 0 aliphatic carbocycles. The van der Waals surface area contributed by atoms with Crippen molar-refractivity contribution in [2.24, 2.45) is 0 Å². The van der Waals surface area contributed by atoms with E-state index in [4.69, 9.17) is 0 Å². The molecule has 0 fully saturated rings. The molecule has 0 bridgehead atoms. The van der Waals surface area contributed by atoms with Crippen molar-refractivity contribution in [1.82, 2.24) is 0 Å². The van der Waals surface area contributed by atoms with E-state index in [9.17, 15) is 9.18 Å². The van der Waals surface area contributed by atoms with Gasteiger partial charge in [-0.1, -0.05) is 36.4 Å². The average molecular weight is 344 g/mol. The molecule has 21 heavy (non-hydrogen) atoms. The molecular weight excluding hydrogens is 333 g/mol. The highest BCUT2D eigenvalue weighted by Crippen LogP contribution is 2.22. The van der Waals surface area contributed by atoms with Crippen molar-refractivity contribution in [2.75, 3.05) is 5.32 Å². The Labute approximate surface area is 129 Å². The number of carbonyl (C=O) groups excluding carboxylic acids is 1. The van der Waals surface area contributed by atoms with Crippen LogP contribution in [-0.2, 0) is 0 Å². The average Bonchev–Trinajstić information content (AvgIpc) is 2.50. The van der Waals surface area contributed by atoms with Crippen LogP contribution in [0.25, 0.3) is 10.8 Å². The number of benzene rings is 3. The van der Waals surface area contributed by atoms with Gasteiger partial charge in [0.1, 0.15) is 5.82 Å². The summed E-state index contributed by atoms with van der Waals surface area (Å²) in [6.45, 7) is 0. The van der Waals surface area contributed by atoms with Crippen LogP contribution in [0.3, 0.4) is 0 Å². The molecule has 3 rings (SSSR count). The molecule has 0 spiro atoms. The van der Waals surface area contributed by atoms with E-state index in [0.29, 0.717) is 15.7 Å². The van der Waals surface area contributed by atoms with Crippen LogP contribution in [0, 0.1) is 5.82 Å². The molecule has 2 nitrogen and oxygen atoms in total.